The molecule has 1 N–H and O–H groups in total. The minimum Gasteiger partial charge on any atom is -0.322 e. The van der Waals surface area contributed by atoms with Crippen LogP contribution in [0, 0.1) is 0 Å². The molecule has 0 aliphatic carbocycles. The lowest BCUT2D eigenvalue weighted by Gasteiger charge is -2.06. The summed E-state index contributed by atoms with van der Waals surface area (Å²) in [5.41, 5.74) is 3.24. The summed E-state index contributed by atoms with van der Waals surface area (Å²) in [6.45, 7) is 0. The number of nitrogens with one attached hydrogen (secondary N) is 1. The van der Waals surface area contributed by atoms with Crippen molar-refractivity contribution >= 4 is 11.6 Å². The predicted octanol–water partition coefficient (Wildman–Crippen LogP) is 2.79. The summed E-state index contributed by atoms with van der Waals surface area (Å²) in [4.78, 5) is 23.9. The second-order valence-corrected chi connectivity index (χ2v) is 4.39. The third-order valence-corrected chi connectivity index (χ3v) is 2.98. The van der Waals surface area contributed by atoms with E-state index in [0.29, 0.717) is 5.56 Å². The molecule has 0 spiro atoms. The number of benzene rings is 1. The standard InChI is InChI=1S/C16H12N4O/c21-16(13-5-7-17-8-6-13)20-15-3-1-12(2-4-15)14-9-18-11-19-10-14/h1-11H,(H,20,21). The highest BCUT2D eigenvalue weighted by molar-refractivity contribution is 6.04. The van der Waals surface area contributed by atoms with E-state index in [9.17, 15) is 4.79 Å². The number of amides is 1. The van der Waals surface area contributed by atoms with Crippen molar-refractivity contribution < 1.29 is 4.79 Å². The number of rotatable bonds is 3. The van der Waals surface area contributed by atoms with Gasteiger partial charge in [0.1, 0.15) is 6.33 Å². The van der Waals surface area contributed by atoms with E-state index >= 15 is 0 Å². The van der Waals surface area contributed by atoms with Crippen LogP contribution >= 0.6 is 0 Å². The number of aromatic nitrogens is 3. The first kappa shape index (κ1) is 12.9. The summed E-state index contributed by atoms with van der Waals surface area (Å²) >= 11 is 0. The fourth-order valence-corrected chi connectivity index (χ4v) is 1.90. The lowest BCUT2D eigenvalue weighted by atomic mass is 10.1. The van der Waals surface area contributed by atoms with E-state index in [2.05, 4.69) is 20.3 Å². The van der Waals surface area contributed by atoms with Gasteiger partial charge in [-0.3, -0.25) is 9.78 Å². The minimum absolute atomic E-state index is 0.159. The summed E-state index contributed by atoms with van der Waals surface area (Å²) in [5.74, 6) is -0.159. The van der Waals surface area contributed by atoms with Crippen LogP contribution in [0.3, 0.4) is 0 Å². The minimum atomic E-state index is -0.159. The quantitative estimate of drug-likeness (QED) is 0.798. The van der Waals surface area contributed by atoms with Gasteiger partial charge in [-0.25, -0.2) is 9.97 Å². The fourth-order valence-electron chi connectivity index (χ4n) is 1.90. The molecule has 102 valence electrons. The molecule has 0 saturated heterocycles. The van der Waals surface area contributed by atoms with Gasteiger partial charge in [0.05, 0.1) is 0 Å². The Balaban J connectivity index is 1.75. The first-order valence-corrected chi connectivity index (χ1v) is 6.40. The molecule has 5 heteroatoms. The van der Waals surface area contributed by atoms with Gasteiger partial charge < -0.3 is 5.32 Å². The molecule has 3 aromatic rings. The highest BCUT2D eigenvalue weighted by Crippen LogP contribution is 2.20. The Morgan fingerprint density at radius 1 is 0.810 bits per heavy atom. The number of carbonyl (C=O) groups excluding carboxylic acids is 1. The number of pyridine rings is 1. The Bertz CT molecular complexity index is 727. The van der Waals surface area contributed by atoms with Gasteiger partial charge in [-0.05, 0) is 29.8 Å². The van der Waals surface area contributed by atoms with Gasteiger partial charge in [-0.1, -0.05) is 12.1 Å². The van der Waals surface area contributed by atoms with Crippen LogP contribution in [0.1, 0.15) is 10.4 Å². The average molecular weight is 276 g/mol. The van der Waals surface area contributed by atoms with Crippen molar-refractivity contribution in [3.05, 3.63) is 73.1 Å². The second-order valence-electron chi connectivity index (χ2n) is 4.39. The molecule has 1 amide bonds. The van der Waals surface area contributed by atoms with Gasteiger partial charge in [-0.15, -0.1) is 0 Å². The van der Waals surface area contributed by atoms with Crippen LogP contribution in [0.2, 0.25) is 0 Å². The smallest absolute Gasteiger partial charge is 0.255 e. The molecule has 21 heavy (non-hydrogen) atoms. The van der Waals surface area contributed by atoms with Crippen LogP contribution in [0.15, 0.2) is 67.5 Å². The highest BCUT2D eigenvalue weighted by atomic mass is 16.1. The maximum Gasteiger partial charge on any atom is 0.255 e. The first-order valence-electron chi connectivity index (χ1n) is 6.40. The molecular weight excluding hydrogens is 264 g/mol. The van der Waals surface area contributed by atoms with Crippen molar-refractivity contribution in [3.63, 3.8) is 0 Å². The second kappa shape index (κ2) is 5.92. The van der Waals surface area contributed by atoms with E-state index in [-0.39, 0.29) is 5.91 Å². The molecule has 0 unspecified atom stereocenters. The molecular formula is C16H12N4O. The lowest BCUT2D eigenvalue weighted by Crippen LogP contribution is -2.11. The Morgan fingerprint density at radius 3 is 2.14 bits per heavy atom. The summed E-state index contributed by atoms with van der Waals surface area (Å²) in [5, 5.41) is 2.84. The average Bonchev–Trinajstić information content (AvgIpc) is 2.57. The Morgan fingerprint density at radius 2 is 1.48 bits per heavy atom. The van der Waals surface area contributed by atoms with Crippen molar-refractivity contribution in [1.29, 1.82) is 0 Å². The van der Waals surface area contributed by atoms with Crippen LogP contribution in [0.25, 0.3) is 11.1 Å². The number of nitrogens with zero attached hydrogens (tertiary/aromatic N) is 3. The van der Waals surface area contributed by atoms with E-state index in [1.165, 1.54) is 6.33 Å². The maximum absolute atomic E-state index is 12.0. The van der Waals surface area contributed by atoms with Gasteiger partial charge >= 0.3 is 0 Å². The molecule has 1 aromatic carbocycles. The van der Waals surface area contributed by atoms with Gasteiger partial charge in [0, 0.05) is 41.6 Å². The molecule has 2 heterocycles. The van der Waals surface area contributed by atoms with Crippen LogP contribution in [-0.4, -0.2) is 20.9 Å². The van der Waals surface area contributed by atoms with Crippen molar-refractivity contribution in [2.45, 2.75) is 0 Å². The summed E-state index contributed by atoms with van der Waals surface area (Å²) in [6.07, 6.45) is 8.17. The normalized spacial score (nSPS) is 10.1. The Labute approximate surface area is 121 Å². The zero-order valence-corrected chi connectivity index (χ0v) is 11.1. The molecule has 0 bridgehead atoms. The van der Waals surface area contributed by atoms with E-state index in [4.69, 9.17) is 0 Å². The highest BCUT2D eigenvalue weighted by Gasteiger charge is 2.05. The number of anilines is 1. The van der Waals surface area contributed by atoms with Crippen molar-refractivity contribution in [2.24, 2.45) is 0 Å². The number of carbonyl (C=O) groups is 1. The van der Waals surface area contributed by atoms with E-state index in [0.717, 1.165) is 16.8 Å². The zero-order chi connectivity index (χ0) is 14.5. The van der Waals surface area contributed by atoms with Gasteiger partial charge in [0.15, 0.2) is 0 Å². The van der Waals surface area contributed by atoms with Gasteiger partial charge in [0.25, 0.3) is 5.91 Å². The summed E-state index contributed by atoms with van der Waals surface area (Å²) in [6, 6.07) is 10.9. The van der Waals surface area contributed by atoms with Crippen LogP contribution in [0.5, 0.6) is 0 Å². The van der Waals surface area contributed by atoms with E-state index < -0.39 is 0 Å². The third-order valence-electron chi connectivity index (χ3n) is 2.98. The number of hydrogen-bond donors (Lipinski definition) is 1. The Kier molecular flexibility index (Phi) is 3.64. The topological polar surface area (TPSA) is 67.8 Å². The van der Waals surface area contributed by atoms with Gasteiger partial charge in [0.2, 0.25) is 0 Å². The first-order chi connectivity index (χ1) is 10.3. The van der Waals surface area contributed by atoms with Crippen LogP contribution < -0.4 is 5.32 Å². The van der Waals surface area contributed by atoms with E-state index in [1.807, 2.05) is 24.3 Å². The predicted molar refractivity (Wildman–Crippen MR) is 79.7 cm³/mol. The van der Waals surface area contributed by atoms with Gasteiger partial charge in [-0.2, -0.15) is 0 Å². The SMILES string of the molecule is O=C(Nc1ccc(-c2cncnc2)cc1)c1ccncc1. The molecule has 0 atom stereocenters. The number of hydrogen-bond acceptors (Lipinski definition) is 4. The third kappa shape index (κ3) is 3.09. The molecule has 0 fully saturated rings. The lowest BCUT2D eigenvalue weighted by molar-refractivity contribution is 0.102. The largest absolute Gasteiger partial charge is 0.322 e. The molecule has 5 nitrogen and oxygen atoms in total. The summed E-state index contributed by atoms with van der Waals surface area (Å²) in [7, 11) is 0. The molecule has 3 rings (SSSR count). The monoisotopic (exact) mass is 276 g/mol. The molecule has 0 saturated carbocycles. The Hall–Kier alpha value is -3.08. The molecule has 0 radical (unpaired) electrons. The molecule has 2 aromatic heterocycles. The van der Waals surface area contributed by atoms with Crippen LogP contribution in [0.4, 0.5) is 5.69 Å². The van der Waals surface area contributed by atoms with Crippen molar-refractivity contribution in [1.82, 2.24) is 15.0 Å². The molecule has 0 aliphatic rings. The van der Waals surface area contributed by atoms with Crippen LogP contribution in [-0.2, 0) is 0 Å². The van der Waals surface area contributed by atoms with Crippen molar-refractivity contribution in [3.8, 4) is 11.1 Å². The van der Waals surface area contributed by atoms with E-state index in [1.54, 1.807) is 36.9 Å². The molecule has 0 aliphatic heterocycles. The fraction of sp³-hybridized carbons (Fsp3) is 0. The maximum atomic E-state index is 12.0. The zero-order valence-electron chi connectivity index (χ0n) is 11.1. The van der Waals surface area contributed by atoms with Crippen molar-refractivity contribution in [2.75, 3.05) is 5.32 Å². The summed E-state index contributed by atoms with van der Waals surface area (Å²) < 4.78 is 0.